The fourth-order valence-electron chi connectivity index (χ4n) is 11.5. The molecule has 0 radical (unpaired) electrons. The Morgan fingerprint density at radius 1 is 0.848 bits per heavy atom. The van der Waals surface area contributed by atoms with Gasteiger partial charge in [0.25, 0.3) is 0 Å². The Morgan fingerprint density at radius 2 is 1.52 bits per heavy atom. The number of hydrogen-bond acceptors (Lipinski definition) is 5. The molecule has 4 unspecified atom stereocenters. The highest BCUT2D eigenvalue weighted by Crippen LogP contribution is 2.70. The fourth-order valence-corrected chi connectivity index (χ4v) is 11.5. The van der Waals surface area contributed by atoms with Crippen molar-refractivity contribution in [2.75, 3.05) is 6.61 Å². The molecule has 0 amide bonds. The van der Waals surface area contributed by atoms with Crippen LogP contribution in [-0.2, 0) is 14.2 Å². The van der Waals surface area contributed by atoms with Crippen LogP contribution in [0.2, 0.25) is 0 Å². The van der Waals surface area contributed by atoms with Gasteiger partial charge >= 0.3 is 11.9 Å². The van der Waals surface area contributed by atoms with E-state index in [1.165, 1.54) is 38.5 Å². The molecule has 5 nitrogen and oxygen atoms in total. The van der Waals surface area contributed by atoms with E-state index in [0.29, 0.717) is 64.4 Å². The Kier molecular flexibility index (Phi) is 8.84. The van der Waals surface area contributed by atoms with E-state index in [1.54, 1.807) is 0 Å². The molecule has 4 saturated carbocycles. The average molecular weight is 627 g/mol. The van der Waals surface area contributed by atoms with E-state index in [-0.39, 0.29) is 18.0 Å². The van der Waals surface area contributed by atoms with Crippen LogP contribution >= 0.6 is 0 Å². The molecule has 5 fully saturated rings. The Hall–Kier alpha value is -2.66. The molecule has 0 aromatic heterocycles. The minimum absolute atomic E-state index is 0.0480. The van der Waals surface area contributed by atoms with Gasteiger partial charge in [-0.25, -0.2) is 9.59 Å². The van der Waals surface area contributed by atoms with Crippen molar-refractivity contribution in [3.05, 3.63) is 71.8 Å². The van der Waals surface area contributed by atoms with E-state index >= 15 is 0 Å². The van der Waals surface area contributed by atoms with Gasteiger partial charge in [0.2, 0.25) is 0 Å². The van der Waals surface area contributed by atoms with Crippen LogP contribution in [0.15, 0.2) is 60.7 Å². The van der Waals surface area contributed by atoms with Gasteiger partial charge < -0.3 is 14.2 Å². The monoisotopic (exact) mass is 626 g/mol. The van der Waals surface area contributed by atoms with Gasteiger partial charge in [-0.2, -0.15) is 0 Å². The molecule has 1 saturated heterocycles. The maximum absolute atomic E-state index is 12.8. The lowest BCUT2D eigenvalue weighted by molar-refractivity contribution is -0.131. The average Bonchev–Trinajstić information content (AvgIpc) is 3.56. The summed E-state index contributed by atoms with van der Waals surface area (Å²) < 4.78 is 18.6. The molecule has 1 heterocycles. The number of hydrogen-bond donors (Lipinski definition) is 0. The minimum atomic E-state index is -0.232. The lowest BCUT2D eigenvalue weighted by Crippen LogP contribution is -2.54. The lowest BCUT2D eigenvalue weighted by Gasteiger charge is -2.61. The van der Waals surface area contributed by atoms with E-state index in [1.807, 2.05) is 60.7 Å². The summed E-state index contributed by atoms with van der Waals surface area (Å²) in [4.78, 5) is 25.2. The summed E-state index contributed by atoms with van der Waals surface area (Å²) >= 11 is 0. The highest BCUT2D eigenvalue weighted by atomic mass is 16.5. The third kappa shape index (κ3) is 5.73. The van der Waals surface area contributed by atoms with Gasteiger partial charge in [-0.15, -0.1) is 0 Å². The molecule has 7 rings (SSSR count). The standard InChI is InChI=1S/C41H54O5/c1-26(25-44-38(42)28-11-7-5-8-12-28)15-18-35-27(2)37-36(46-35)24-34-32-17-16-30-23-31(45-39(43)29-13-9-6-10-14-29)19-21-40(30,3)33(32)20-22-41(34,37)4/h5-14,26-27,30-37H,15-25H2,1-4H3/t26?,27-,30?,31?,32-,33+,34+,35?,36+,37+,40+,41+/m1/s1. The number of ether oxygens (including phenoxy) is 3. The van der Waals surface area contributed by atoms with E-state index in [9.17, 15) is 9.59 Å². The SMILES string of the molecule is CC(CCC1O[C@H]2C[C@H]3[C@@H]4CCC5CC(OC(=O)c6ccccc6)CC[C@]5(C)[C@H]4CC[C@]3(C)[C@H]2[C@@H]1C)COC(=O)c1ccccc1. The lowest BCUT2D eigenvalue weighted by atomic mass is 9.44. The molecule has 4 aliphatic carbocycles. The summed E-state index contributed by atoms with van der Waals surface area (Å²) in [6.07, 6.45) is 12.5. The van der Waals surface area contributed by atoms with Crippen molar-refractivity contribution in [3.63, 3.8) is 0 Å². The number of fused-ring (bicyclic) bond motifs is 7. The normalized spacial score (nSPS) is 40.1. The Morgan fingerprint density at radius 3 is 2.24 bits per heavy atom. The smallest absolute Gasteiger partial charge is 0.338 e. The first-order chi connectivity index (χ1) is 22.2. The predicted octanol–water partition coefficient (Wildman–Crippen LogP) is 9.16. The summed E-state index contributed by atoms with van der Waals surface area (Å²) in [5, 5.41) is 0. The quantitative estimate of drug-likeness (QED) is 0.274. The molecule has 0 bridgehead atoms. The first kappa shape index (κ1) is 31.9. The van der Waals surface area contributed by atoms with Crippen LogP contribution in [0.25, 0.3) is 0 Å². The van der Waals surface area contributed by atoms with Crippen LogP contribution in [0.1, 0.15) is 113 Å². The van der Waals surface area contributed by atoms with Gasteiger partial charge in [-0.3, -0.25) is 0 Å². The zero-order valence-corrected chi connectivity index (χ0v) is 28.4. The van der Waals surface area contributed by atoms with E-state index in [2.05, 4.69) is 27.7 Å². The van der Waals surface area contributed by atoms with Crippen molar-refractivity contribution in [1.29, 1.82) is 0 Å². The molecule has 12 atom stereocenters. The number of carbonyl (C=O) groups is 2. The number of benzene rings is 2. The molecule has 0 N–H and O–H groups in total. The van der Waals surface area contributed by atoms with E-state index in [0.717, 1.165) is 43.4 Å². The Bertz CT molecular complexity index is 1380. The van der Waals surface area contributed by atoms with Gasteiger partial charge in [0.15, 0.2) is 0 Å². The van der Waals surface area contributed by atoms with Gasteiger partial charge in [-0.1, -0.05) is 64.1 Å². The summed E-state index contributed by atoms with van der Waals surface area (Å²) in [6.45, 7) is 10.3. The second kappa shape index (κ2) is 12.7. The topological polar surface area (TPSA) is 61.8 Å². The van der Waals surface area contributed by atoms with Crippen LogP contribution in [0, 0.1) is 52.3 Å². The molecule has 2 aromatic carbocycles. The molecule has 2 aromatic rings. The van der Waals surface area contributed by atoms with Crippen molar-refractivity contribution in [2.45, 2.75) is 110 Å². The number of esters is 2. The molecule has 248 valence electrons. The van der Waals surface area contributed by atoms with Crippen molar-refractivity contribution in [1.82, 2.24) is 0 Å². The largest absolute Gasteiger partial charge is 0.462 e. The van der Waals surface area contributed by atoms with Crippen LogP contribution < -0.4 is 0 Å². The first-order valence-electron chi connectivity index (χ1n) is 18.3. The van der Waals surface area contributed by atoms with Crippen LogP contribution in [0.3, 0.4) is 0 Å². The zero-order chi connectivity index (χ0) is 32.1. The van der Waals surface area contributed by atoms with Gasteiger partial charge in [0.05, 0.1) is 29.9 Å². The summed E-state index contributed by atoms with van der Waals surface area (Å²) in [5.41, 5.74) is 2.00. The van der Waals surface area contributed by atoms with Crippen LogP contribution in [0.4, 0.5) is 0 Å². The molecule has 5 aliphatic rings. The second-order valence-corrected chi connectivity index (χ2v) is 16.3. The minimum Gasteiger partial charge on any atom is -0.462 e. The summed E-state index contributed by atoms with van der Waals surface area (Å²) in [7, 11) is 0. The van der Waals surface area contributed by atoms with Gasteiger partial charge in [-0.05, 0) is 141 Å². The number of carbonyl (C=O) groups excluding carboxylic acids is 2. The molecule has 1 aliphatic heterocycles. The maximum atomic E-state index is 12.8. The third-order valence-electron chi connectivity index (χ3n) is 13.9. The van der Waals surface area contributed by atoms with Crippen molar-refractivity contribution in [2.24, 2.45) is 52.3 Å². The predicted molar refractivity (Wildman–Crippen MR) is 179 cm³/mol. The van der Waals surface area contributed by atoms with Gasteiger partial charge in [0.1, 0.15) is 6.10 Å². The van der Waals surface area contributed by atoms with Crippen LogP contribution in [0.5, 0.6) is 0 Å². The number of rotatable bonds is 8. The van der Waals surface area contributed by atoms with E-state index in [4.69, 9.17) is 14.2 Å². The fraction of sp³-hybridized carbons (Fsp3) is 0.659. The van der Waals surface area contributed by atoms with E-state index < -0.39 is 0 Å². The molecule has 0 spiro atoms. The molecular formula is C41H54O5. The second-order valence-electron chi connectivity index (χ2n) is 16.3. The molecule has 46 heavy (non-hydrogen) atoms. The zero-order valence-electron chi connectivity index (χ0n) is 28.4. The third-order valence-corrected chi connectivity index (χ3v) is 13.9. The Balaban J connectivity index is 0.932. The maximum Gasteiger partial charge on any atom is 0.338 e. The Labute approximate surface area is 276 Å². The van der Waals surface area contributed by atoms with Crippen LogP contribution in [-0.4, -0.2) is 36.9 Å². The molecule has 5 heteroatoms. The van der Waals surface area contributed by atoms with Crippen molar-refractivity contribution >= 4 is 11.9 Å². The van der Waals surface area contributed by atoms with Crippen molar-refractivity contribution in [3.8, 4) is 0 Å². The highest BCUT2D eigenvalue weighted by Gasteiger charge is 2.65. The highest BCUT2D eigenvalue weighted by molar-refractivity contribution is 5.89. The van der Waals surface area contributed by atoms with Gasteiger partial charge in [0, 0.05) is 0 Å². The summed E-state index contributed by atoms with van der Waals surface area (Å²) in [6, 6.07) is 18.7. The summed E-state index contributed by atoms with van der Waals surface area (Å²) in [5.74, 6) is 4.11. The van der Waals surface area contributed by atoms with Crippen molar-refractivity contribution < 1.29 is 23.8 Å². The first-order valence-corrected chi connectivity index (χ1v) is 18.3. The molecular weight excluding hydrogens is 572 g/mol.